The first-order valence-corrected chi connectivity index (χ1v) is 9.26. The van der Waals surface area contributed by atoms with Gasteiger partial charge in [-0.15, -0.1) is 0 Å². The van der Waals surface area contributed by atoms with Crippen LogP contribution < -0.4 is 0 Å². The second-order valence-electron chi connectivity index (χ2n) is 6.51. The van der Waals surface area contributed by atoms with Crippen molar-refractivity contribution in [3.63, 3.8) is 0 Å². The maximum Gasteiger partial charge on any atom is 0.352 e. The van der Waals surface area contributed by atoms with Crippen molar-refractivity contribution >= 4 is 33.8 Å². The number of hydrogen-bond donors (Lipinski definition) is 1. The number of aliphatic hydroxyl groups is 1. The summed E-state index contributed by atoms with van der Waals surface area (Å²) in [6.07, 6.45) is -3.35. The molecule has 0 aromatic rings. The third-order valence-electron chi connectivity index (χ3n) is 4.71. The Morgan fingerprint density at radius 1 is 1.15 bits per heavy atom. The minimum Gasteiger partial charge on any atom is -0.466 e. The third-order valence-corrected chi connectivity index (χ3v) is 5.69. The topological polar surface area (TPSA) is 108 Å². The molecule has 0 aromatic carbocycles. The Morgan fingerprint density at radius 2 is 1.69 bits per heavy atom. The maximum absolute atomic E-state index is 12.2. The van der Waals surface area contributed by atoms with Crippen molar-refractivity contribution in [2.24, 2.45) is 11.8 Å². The van der Waals surface area contributed by atoms with Gasteiger partial charge in [-0.2, -0.15) is 0 Å². The van der Waals surface area contributed by atoms with Gasteiger partial charge in [0.1, 0.15) is 18.3 Å². The lowest BCUT2D eigenvalue weighted by Gasteiger charge is -2.48. The third kappa shape index (κ3) is 4.75. The van der Waals surface area contributed by atoms with Crippen molar-refractivity contribution in [1.82, 2.24) is 0 Å². The quantitative estimate of drug-likeness (QED) is 0.378. The molecule has 1 fully saturated rings. The van der Waals surface area contributed by atoms with E-state index in [2.05, 4.69) is 15.9 Å². The Hall–Kier alpha value is -1.19. The summed E-state index contributed by atoms with van der Waals surface area (Å²) >= 11 is 3.16. The normalized spacial score (nSPS) is 33.7. The number of hydrogen-bond acceptors (Lipinski definition) is 8. The first kappa shape index (κ1) is 22.9. The molecule has 1 rings (SSSR count). The zero-order valence-electron chi connectivity index (χ0n) is 15.9. The monoisotopic (exact) mass is 438 g/mol. The highest BCUT2D eigenvalue weighted by molar-refractivity contribution is 9.10. The van der Waals surface area contributed by atoms with E-state index in [4.69, 9.17) is 18.9 Å². The summed E-state index contributed by atoms with van der Waals surface area (Å²) in [5.41, 5.74) is 0. The molecule has 0 amide bonds. The van der Waals surface area contributed by atoms with Gasteiger partial charge >= 0.3 is 17.9 Å². The van der Waals surface area contributed by atoms with Gasteiger partial charge in [0.2, 0.25) is 4.51 Å². The zero-order chi connectivity index (χ0) is 20.2. The number of alkyl halides is 1. The average Bonchev–Trinajstić information content (AvgIpc) is 2.58. The molecule has 1 heterocycles. The van der Waals surface area contributed by atoms with Crippen LogP contribution in [0.25, 0.3) is 0 Å². The molecule has 7 atom stereocenters. The highest BCUT2D eigenvalue weighted by atomic mass is 79.9. The Kier molecular flexibility index (Phi) is 8.04. The summed E-state index contributed by atoms with van der Waals surface area (Å²) in [6.45, 7) is 7.83. The molecule has 0 bridgehead atoms. The molecule has 1 N–H and O–H groups in total. The van der Waals surface area contributed by atoms with Crippen LogP contribution in [0, 0.1) is 11.8 Å². The second kappa shape index (κ2) is 9.14. The van der Waals surface area contributed by atoms with Gasteiger partial charge in [0.15, 0.2) is 6.10 Å². The first-order chi connectivity index (χ1) is 12.0. The van der Waals surface area contributed by atoms with Crippen LogP contribution in [0.1, 0.15) is 41.0 Å². The van der Waals surface area contributed by atoms with Gasteiger partial charge in [0.25, 0.3) is 0 Å². The number of ether oxygens (including phenoxy) is 4. The Morgan fingerprint density at radius 3 is 2.12 bits per heavy atom. The molecule has 0 aromatic heterocycles. The molecule has 26 heavy (non-hydrogen) atoms. The largest absolute Gasteiger partial charge is 0.466 e. The van der Waals surface area contributed by atoms with E-state index in [0.717, 1.165) is 0 Å². The number of rotatable bonds is 6. The fourth-order valence-corrected chi connectivity index (χ4v) is 3.91. The van der Waals surface area contributed by atoms with Crippen LogP contribution in [0.3, 0.4) is 0 Å². The zero-order valence-corrected chi connectivity index (χ0v) is 17.4. The molecule has 0 saturated carbocycles. The molecule has 9 heteroatoms. The average molecular weight is 439 g/mol. The van der Waals surface area contributed by atoms with Crippen LogP contribution in [-0.2, 0) is 33.3 Å². The van der Waals surface area contributed by atoms with Crippen LogP contribution >= 0.6 is 15.9 Å². The van der Waals surface area contributed by atoms with Gasteiger partial charge in [-0.3, -0.25) is 9.59 Å². The number of halogens is 1. The lowest BCUT2D eigenvalue weighted by Crippen LogP contribution is -2.63. The van der Waals surface area contributed by atoms with Crippen molar-refractivity contribution in [3.05, 3.63) is 0 Å². The molecule has 0 spiro atoms. The molecule has 0 aliphatic carbocycles. The molecule has 2 unspecified atom stereocenters. The summed E-state index contributed by atoms with van der Waals surface area (Å²) in [5, 5.41) is 10.5. The molecule has 150 valence electrons. The summed E-state index contributed by atoms with van der Waals surface area (Å²) in [7, 11) is 1.18. The van der Waals surface area contributed by atoms with Gasteiger partial charge in [-0.25, -0.2) is 4.79 Å². The minimum absolute atomic E-state index is 0.311. The van der Waals surface area contributed by atoms with Crippen LogP contribution in [0.4, 0.5) is 0 Å². The Balaban J connectivity index is 3.30. The standard InChI is InChI=1S/C17H27BrO8/c1-7-12(24-10(4)19)14(25-11(5)20)13-8(2)9(3)15(21)17(18,26-13)16(22)23-6/h8-9,12-15,21H,7H2,1-6H3/t8-,9+,12-,13?,14-,15?,17+/m1/s1. The number of carbonyl (C=O) groups excluding carboxylic acids is 3. The summed E-state index contributed by atoms with van der Waals surface area (Å²) in [4.78, 5) is 35.3. The van der Waals surface area contributed by atoms with E-state index in [1.165, 1.54) is 21.0 Å². The summed E-state index contributed by atoms with van der Waals surface area (Å²) < 4.78 is 19.5. The Labute approximate surface area is 161 Å². The van der Waals surface area contributed by atoms with Gasteiger partial charge in [0.05, 0.1) is 7.11 Å². The van der Waals surface area contributed by atoms with Crippen molar-refractivity contribution in [3.8, 4) is 0 Å². The smallest absolute Gasteiger partial charge is 0.352 e. The number of esters is 3. The van der Waals surface area contributed by atoms with Crippen molar-refractivity contribution < 1.29 is 38.4 Å². The van der Waals surface area contributed by atoms with Crippen molar-refractivity contribution in [1.29, 1.82) is 0 Å². The Bertz CT molecular complexity index is 539. The summed E-state index contributed by atoms with van der Waals surface area (Å²) in [6, 6.07) is 0. The van der Waals surface area contributed by atoms with Crippen LogP contribution in [-0.4, -0.2) is 59.1 Å². The molecule has 0 radical (unpaired) electrons. The number of carbonyl (C=O) groups is 3. The highest BCUT2D eigenvalue weighted by Crippen LogP contribution is 2.43. The molecule has 1 saturated heterocycles. The van der Waals surface area contributed by atoms with E-state index < -0.39 is 52.8 Å². The number of aliphatic hydroxyl groups excluding tert-OH is 1. The van der Waals surface area contributed by atoms with E-state index in [1.54, 1.807) is 20.8 Å². The van der Waals surface area contributed by atoms with Gasteiger partial charge in [-0.05, 0) is 34.2 Å². The van der Waals surface area contributed by atoms with E-state index in [-0.39, 0.29) is 5.92 Å². The number of methoxy groups -OCH3 is 1. The molecule has 1 aliphatic rings. The predicted octanol–water partition coefficient (Wildman–Crippen LogP) is 1.56. The molecule has 1 aliphatic heterocycles. The maximum atomic E-state index is 12.2. The lowest BCUT2D eigenvalue weighted by molar-refractivity contribution is -0.237. The van der Waals surface area contributed by atoms with E-state index in [1.807, 2.05) is 0 Å². The van der Waals surface area contributed by atoms with Gasteiger partial charge in [0, 0.05) is 13.8 Å². The molecule has 8 nitrogen and oxygen atoms in total. The summed E-state index contributed by atoms with van der Waals surface area (Å²) in [5.74, 6) is -2.62. The van der Waals surface area contributed by atoms with Crippen LogP contribution in [0.2, 0.25) is 0 Å². The lowest BCUT2D eigenvalue weighted by atomic mass is 9.78. The fourth-order valence-electron chi connectivity index (χ4n) is 3.12. The minimum atomic E-state index is -1.81. The van der Waals surface area contributed by atoms with Crippen molar-refractivity contribution in [2.75, 3.05) is 7.11 Å². The van der Waals surface area contributed by atoms with E-state index in [9.17, 15) is 19.5 Å². The van der Waals surface area contributed by atoms with Crippen molar-refractivity contribution in [2.45, 2.75) is 70.0 Å². The first-order valence-electron chi connectivity index (χ1n) is 8.47. The van der Waals surface area contributed by atoms with Gasteiger partial charge < -0.3 is 24.1 Å². The van der Waals surface area contributed by atoms with Gasteiger partial charge in [-0.1, -0.05) is 20.8 Å². The molecular formula is C17H27BrO8. The fraction of sp³-hybridized carbons (Fsp3) is 0.824. The van der Waals surface area contributed by atoms with Crippen LogP contribution in [0.15, 0.2) is 0 Å². The predicted molar refractivity (Wildman–Crippen MR) is 94.3 cm³/mol. The molecular weight excluding hydrogens is 412 g/mol. The van der Waals surface area contributed by atoms with E-state index in [0.29, 0.717) is 6.42 Å². The van der Waals surface area contributed by atoms with E-state index >= 15 is 0 Å². The second-order valence-corrected chi connectivity index (χ2v) is 7.69. The highest BCUT2D eigenvalue weighted by Gasteiger charge is 2.58. The SMILES string of the molecule is CC[C@@H](OC(C)=O)[C@@H](OC(C)=O)C1O[C@](Br)(C(=O)OC)C(O)[C@@H](C)[C@H]1C. The van der Waals surface area contributed by atoms with Crippen LogP contribution in [0.5, 0.6) is 0 Å².